The smallest absolute Gasteiger partial charge is 0.317 e. The minimum absolute atomic E-state index is 0.0180. The van der Waals surface area contributed by atoms with Crippen LogP contribution < -0.4 is 5.32 Å². The maximum absolute atomic E-state index is 12.2. The number of hydrogen-bond acceptors (Lipinski definition) is 3. The van der Waals surface area contributed by atoms with E-state index in [-0.39, 0.29) is 6.03 Å². The second-order valence-corrected chi connectivity index (χ2v) is 7.85. The molecule has 1 aliphatic heterocycles. The Kier molecular flexibility index (Phi) is 4.72. The number of carbonyl (C=O) groups excluding carboxylic acids is 1. The monoisotopic (exact) mass is 327 g/mol. The Morgan fingerprint density at radius 3 is 2.67 bits per heavy atom. The van der Waals surface area contributed by atoms with Gasteiger partial charge in [0.2, 0.25) is 0 Å². The Bertz CT molecular complexity index is 495. The molecule has 0 bridgehead atoms. The topological polar surface area (TPSA) is 35.6 Å². The van der Waals surface area contributed by atoms with Crippen LogP contribution in [0.2, 0.25) is 4.34 Å². The Morgan fingerprint density at radius 1 is 1.38 bits per heavy atom. The van der Waals surface area contributed by atoms with Gasteiger partial charge in [0, 0.05) is 37.1 Å². The Balaban J connectivity index is 1.42. The van der Waals surface area contributed by atoms with Gasteiger partial charge in [-0.05, 0) is 37.8 Å². The van der Waals surface area contributed by atoms with Gasteiger partial charge in [0.1, 0.15) is 0 Å². The first kappa shape index (κ1) is 15.1. The second kappa shape index (κ2) is 6.55. The number of likely N-dealkylation sites (tertiary alicyclic amines) is 1. The molecule has 1 aromatic rings. The highest BCUT2D eigenvalue weighted by Crippen LogP contribution is 2.29. The second-order valence-electron chi connectivity index (χ2n) is 6.05. The number of carbonyl (C=O) groups is 1. The van der Waals surface area contributed by atoms with Crippen molar-refractivity contribution in [1.82, 2.24) is 15.1 Å². The highest BCUT2D eigenvalue weighted by Gasteiger charge is 2.32. The predicted octanol–water partition coefficient (Wildman–Crippen LogP) is 3.17. The first-order valence-electron chi connectivity index (χ1n) is 7.61. The summed E-state index contributed by atoms with van der Waals surface area (Å²) in [6.07, 6.45) is 4.87. The van der Waals surface area contributed by atoms with Gasteiger partial charge in [-0.3, -0.25) is 0 Å². The van der Waals surface area contributed by atoms with E-state index < -0.39 is 0 Å². The third kappa shape index (κ3) is 4.11. The third-order valence-corrected chi connectivity index (χ3v) is 5.50. The van der Waals surface area contributed by atoms with E-state index in [0.29, 0.717) is 12.6 Å². The molecular formula is C15H22ClN3OS. The zero-order valence-electron chi connectivity index (χ0n) is 12.3. The van der Waals surface area contributed by atoms with E-state index in [2.05, 4.69) is 10.2 Å². The van der Waals surface area contributed by atoms with Gasteiger partial charge in [-0.25, -0.2) is 4.79 Å². The quantitative estimate of drug-likeness (QED) is 0.922. The molecular weight excluding hydrogens is 306 g/mol. The Hall–Kier alpha value is -0.780. The van der Waals surface area contributed by atoms with Crippen molar-refractivity contribution in [3.8, 4) is 0 Å². The molecule has 2 amide bonds. The molecule has 0 radical (unpaired) electrons. The summed E-state index contributed by atoms with van der Waals surface area (Å²) in [6.45, 7) is 2.86. The molecule has 2 fully saturated rings. The van der Waals surface area contributed by atoms with Crippen LogP contribution in [0.3, 0.4) is 0 Å². The van der Waals surface area contributed by atoms with Gasteiger partial charge in [-0.15, -0.1) is 11.3 Å². The lowest BCUT2D eigenvalue weighted by atomic mass is 10.1. The van der Waals surface area contributed by atoms with E-state index in [0.717, 1.165) is 41.2 Å². The van der Waals surface area contributed by atoms with Crippen LogP contribution in [-0.2, 0) is 6.54 Å². The molecule has 3 rings (SSSR count). The van der Waals surface area contributed by atoms with E-state index in [1.54, 1.807) is 4.90 Å². The van der Waals surface area contributed by atoms with Crippen molar-refractivity contribution in [3.05, 3.63) is 21.3 Å². The van der Waals surface area contributed by atoms with Gasteiger partial charge in [-0.2, -0.15) is 0 Å². The van der Waals surface area contributed by atoms with Gasteiger partial charge in [-0.1, -0.05) is 11.6 Å². The fourth-order valence-electron chi connectivity index (χ4n) is 2.88. The van der Waals surface area contributed by atoms with Crippen LogP contribution in [0.5, 0.6) is 0 Å². The molecule has 1 saturated carbocycles. The molecule has 1 N–H and O–H groups in total. The molecule has 4 nitrogen and oxygen atoms in total. The first-order chi connectivity index (χ1) is 10.1. The van der Waals surface area contributed by atoms with E-state index in [1.165, 1.54) is 24.2 Å². The average Bonchev–Trinajstić information content (AvgIpc) is 3.23. The molecule has 1 aliphatic carbocycles. The summed E-state index contributed by atoms with van der Waals surface area (Å²) in [5, 5.41) is 3.16. The number of thiophene rings is 1. The number of hydrogen-bond donors (Lipinski definition) is 1. The van der Waals surface area contributed by atoms with E-state index in [1.807, 2.05) is 19.2 Å². The minimum atomic E-state index is 0.0180. The van der Waals surface area contributed by atoms with E-state index in [4.69, 9.17) is 11.6 Å². The van der Waals surface area contributed by atoms with E-state index in [9.17, 15) is 4.79 Å². The Morgan fingerprint density at radius 2 is 2.10 bits per heavy atom. The van der Waals surface area contributed by atoms with Crippen LogP contribution in [0, 0.1) is 0 Å². The normalized spacial score (nSPS) is 20.5. The number of urea groups is 1. The van der Waals surface area contributed by atoms with Gasteiger partial charge < -0.3 is 15.1 Å². The van der Waals surface area contributed by atoms with Crippen molar-refractivity contribution >= 4 is 29.0 Å². The van der Waals surface area contributed by atoms with Gasteiger partial charge >= 0.3 is 6.03 Å². The lowest BCUT2D eigenvalue weighted by molar-refractivity contribution is 0.173. The highest BCUT2D eigenvalue weighted by atomic mass is 35.5. The molecule has 0 aromatic carbocycles. The average molecular weight is 328 g/mol. The first-order valence-corrected chi connectivity index (χ1v) is 8.81. The molecule has 0 unspecified atom stereocenters. The van der Waals surface area contributed by atoms with Crippen molar-refractivity contribution in [3.63, 3.8) is 0 Å². The van der Waals surface area contributed by atoms with Crippen molar-refractivity contribution in [2.45, 2.75) is 44.3 Å². The molecule has 1 aromatic heterocycles. The molecule has 1 saturated heterocycles. The molecule has 2 heterocycles. The number of nitrogens with zero attached hydrogens (tertiary/aromatic N) is 2. The number of nitrogens with one attached hydrogen (secondary N) is 1. The van der Waals surface area contributed by atoms with Crippen LogP contribution in [0.1, 0.15) is 30.6 Å². The zero-order chi connectivity index (χ0) is 14.8. The summed E-state index contributed by atoms with van der Waals surface area (Å²) in [6, 6.07) is 5.03. The van der Waals surface area contributed by atoms with Crippen molar-refractivity contribution in [1.29, 1.82) is 0 Å². The number of rotatable bonds is 4. The SMILES string of the molecule is CN(Cc1ccc(Cl)s1)C(=O)NC1CCN(C2CC2)CC1. The summed E-state index contributed by atoms with van der Waals surface area (Å²) in [7, 11) is 1.84. The van der Waals surface area contributed by atoms with Crippen molar-refractivity contribution in [2.75, 3.05) is 20.1 Å². The Labute approximate surface area is 135 Å². The van der Waals surface area contributed by atoms with Crippen molar-refractivity contribution < 1.29 is 4.79 Å². The van der Waals surface area contributed by atoms with Crippen LogP contribution in [-0.4, -0.2) is 48.1 Å². The fraction of sp³-hybridized carbons (Fsp3) is 0.667. The minimum Gasteiger partial charge on any atom is -0.335 e. The fourth-order valence-corrected chi connectivity index (χ4v) is 4.02. The van der Waals surface area contributed by atoms with E-state index >= 15 is 0 Å². The van der Waals surface area contributed by atoms with Gasteiger partial charge in [0.15, 0.2) is 0 Å². The van der Waals surface area contributed by atoms with Crippen LogP contribution in [0.25, 0.3) is 0 Å². The number of piperidine rings is 1. The van der Waals surface area contributed by atoms with Crippen LogP contribution in [0.4, 0.5) is 4.79 Å². The summed E-state index contributed by atoms with van der Waals surface area (Å²) in [4.78, 5) is 17.6. The zero-order valence-corrected chi connectivity index (χ0v) is 13.9. The summed E-state index contributed by atoms with van der Waals surface area (Å²) in [5.41, 5.74) is 0. The summed E-state index contributed by atoms with van der Waals surface area (Å²) in [5.74, 6) is 0. The van der Waals surface area contributed by atoms with Gasteiger partial charge in [0.25, 0.3) is 0 Å². The number of halogens is 1. The molecule has 116 valence electrons. The van der Waals surface area contributed by atoms with Gasteiger partial charge in [0.05, 0.1) is 10.9 Å². The third-order valence-electron chi connectivity index (χ3n) is 4.29. The molecule has 0 spiro atoms. The van der Waals surface area contributed by atoms with Crippen LogP contribution >= 0.6 is 22.9 Å². The predicted molar refractivity (Wildman–Crippen MR) is 86.9 cm³/mol. The maximum atomic E-state index is 12.2. The molecule has 0 atom stereocenters. The lowest BCUT2D eigenvalue weighted by Gasteiger charge is -2.33. The van der Waals surface area contributed by atoms with Crippen LogP contribution in [0.15, 0.2) is 12.1 Å². The summed E-state index contributed by atoms with van der Waals surface area (Å²) < 4.78 is 0.770. The largest absolute Gasteiger partial charge is 0.335 e. The standard InChI is InChI=1S/C15H22ClN3OS/c1-18(10-13-4-5-14(16)21-13)15(20)17-11-6-8-19(9-7-11)12-2-3-12/h4-5,11-12H,2-3,6-10H2,1H3,(H,17,20). The molecule has 2 aliphatic rings. The lowest BCUT2D eigenvalue weighted by Crippen LogP contribution is -2.48. The van der Waals surface area contributed by atoms with Crippen molar-refractivity contribution in [2.24, 2.45) is 0 Å². The number of amides is 2. The molecule has 6 heteroatoms. The highest BCUT2D eigenvalue weighted by molar-refractivity contribution is 7.16. The summed E-state index contributed by atoms with van der Waals surface area (Å²) >= 11 is 7.45. The maximum Gasteiger partial charge on any atom is 0.317 e. The molecule has 21 heavy (non-hydrogen) atoms.